The highest BCUT2D eigenvalue weighted by Crippen LogP contribution is 2.28. The van der Waals surface area contributed by atoms with Gasteiger partial charge in [0.15, 0.2) is 0 Å². The summed E-state index contributed by atoms with van der Waals surface area (Å²) in [6, 6.07) is 0. The van der Waals surface area contributed by atoms with Crippen LogP contribution in [0.3, 0.4) is 0 Å². The molecule has 66 valence electrons. The summed E-state index contributed by atoms with van der Waals surface area (Å²) < 4.78 is 0. The molecule has 0 heterocycles. The maximum atomic E-state index is 3.37. The van der Waals surface area contributed by atoms with Gasteiger partial charge in [0.05, 0.1) is 0 Å². The van der Waals surface area contributed by atoms with E-state index in [9.17, 15) is 0 Å². The Morgan fingerprint density at radius 1 is 1.27 bits per heavy atom. The fourth-order valence-electron chi connectivity index (χ4n) is 1.99. The molecule has 1 saturated carbocycles. The van der Waals surface area contributed by atoms with E-state index in [-0.39, 0.29) is 0 Å². The van der Waals surface area contributed by atoms with Gasteiger partial charge >= 0.3 is 0 Å². The van der Waals surface area contributed by atoms with Gasteiger partial charge in [-0.25, -0.2) is 0 Å². The molecule has 0 bridgehead atoms. The molecule has 1 fully saturated rings. The van der Waals surface area contributed by atoms with Crippen molar-refractivity contribution in [3.05, 3.63) is 0 Å². The Balaban J connectivity index is 1.86. The Morgan fingerprint density at radius 3 is 2.64 bits per heavy atom. The molecule has 11 heavy (non-hydrogen) atoms. The van der Waals surface area contributed by atoms with E-state index in [1.165, 1.54) is 45.1 Å². The van der Waals surface area contributed by atoms with Crippen LogP contribution in [0.25, 0.3) is 0 Å². The molecule has 1 rings (SSSR count). The zero-order valence-corrected chi connectivity index (χ0v) is 7.73. The van der Waals surface area contributed by atoms with Crippen LogP contribution in [0.5, 0.6) is 0 Å². The molecule has 0 aromatic heterocycles. The van der Waals surface area contributed by atoms with Gasteiger partial charge in [-0.15, -0.1) is 0 Å². The number of hydrogen-bond acceptors (Lipinski definition) is 1. The Bertz CT molecular complexity index is 84.9. The van der Waals surface area contributed by atoms with Crippen LogP contribution in [0.15, 0.2) is 0 Å². The van der Waals surface area contributed by atoms with Gasteiger partial charge in [-0.1, -0.05) is 32.6 Å². The topological polar surface area (TPSA) is 12.0 Å². The van der Waals surface area contributed by atoms with Gasteiger partial charge in [-0.2, -0.15) is 0 Å². The van der Waals surface area contributed by atoms with Crippen LogP contribution < -0.4 is 5.32 Å². The van der Waals surface area contributed by atoms with E-state index in [0.29, 0.717) is 0 Å². The highest BCUT2D eigenvalue weighted by molar-refractivity contribution is 4.67. The van der Waals surface area contributed by atoms with Crippen molar-refractivity contribution < 1.29 is 0 Å². The minimum atomic E-state index is 1.08. The zero-order valence-electron chi connectivity index (χ0n) is 7.73. The van der Waals surface area contributed by atoms with Crippen LogP contribution in [0, 0.1) is 5.92 Å². The molecule has 0 aromatic rings. The first-order valence-corrected chi connectivity index (χ1v) is 5.14. The Kier molecular flexibility index (Phi) is 4.60. The first-order valence-electron chi connectivity index (χ1n) is 5.14. The van der Waals surface area contributed by atoms with E-state index in [1.807, 2.05) is 0 Å². The lowest BCUT2D eigenvalue weighted by molar-refractivity contribution is 0.473. The van der Waals surface area contributed by atoms with E-state index in [1.54, 1.807) is 0 Å². The molecule has 1 aliphatic carbocycles. The zero-order chi connectivity index (χ0) is 7.94. The van der Waals surface area contributed by atoms with Gasteiger partial charge in [0.2, 0.25) is 0 Å². The van der Waals surface area contributed by atoms with Gasteiger partial charge < -0.3 is 5.32 Å². The molecule has 0 unspecified atom stereocenters. The lowest BCUT2D eigenvalue weighted by atomic mass is 10.0. The van der Waals surface area contributed by atoms with Crippen molar-refractivity contribution >= 4 is 0 Å². The van der Waals surface area contributed by atoms with Crippen LogP contribution in [-0.2, 0) is 0 Å². The Labute approximate surface area is 70.6 Å². The van der Waals surface area contributed by atoms with Gasteiger partial charge in [0, 0.05) is 0 Å². The summed E-state index contributed by atoms with van der Waals surface area (Å²) in [6.07, 6.45) is 8.85. The van der Waals surface area contributed by atoms with E-state index in [4.69, 9.17) is 0 Å². The van der Waals surface area contributed by atoms with Gasteiger partial charge in [-0.05, 0) is 31.8 Å². The predicted molar refractivity (Wildman–Crippen MR) is 49.7 cm³/mol. The van der Waals surface area contributed by atoms with Crippen LogP contribution in [0.4, 0.5) is 0 Å². The summed E-state index contributed by atoms with van der Waals surface area (Å²) in [6.45, 7) is 4.53. The Morgan fingerprint density at radius 2 is 2.00 bits per heavy atom. The number of hydrogen-bond donors (Lipinski definition) is 1. The van der Waals surface area contributed by atoms with Crippen molar-refractivity contribution in [3.8, 4) is 0 Å². The molecule has 0 aromatic carbocycles. The third-order valence-corrected chi connectivity index (χ3v) is 2.69. The number of rotatable bonds is 5. The van der Waals surface area contributed by atoms with Crippen LogP contribution in [-0.4, -0.2) is 13.1 Å². The Hall–Kier alpha value is -0.0400. The lowest BCUT2D eigenvalue weighted by Gasteiger charge is -2.07. The minimum absolute atomic E-state index is 1.08. The first kappa shape index (κ1) is 9.05. The smallest absolute Gasteiger partial charge is 0.00489 e. The second-order valence-electron chi connectivity index (χ2n) is 3.65. The van der Waals surface area contributed by atoms with Crippen molar-refractivity contribution in [1.29, 1.82) is 0 Å². The number of nitrogens with one attached hydrogen (secondary N) is 1. The van der Waals surface area contributed by atoms with Crippen molar-refractivity contribution in [1.82, 2.24) is 5.32 Å². The molecular weight excluding hydrogens is 134 g/mol. The molecular formula is C10H21N. The summed E-state index contributed by atoms with van der Waals surface area (Å²) in [7, 11) is 0. The summed E-state index contributed by atoms with van der Waals surface area (Å²) in [5.41, 5.74) is 0. The highest BCUT2D eigenvalue weighted by atomic mass is 14.8. The molecule has 0 aliphatic heterocycles. The standard InChI is InChI=1S/C10H21N/c1-2-11-9-5-8-10-6-3-4-7-10/h10-11H,2-9H2,1H3. The van der Waals surface area contributed by atoms with E-state index >= 15 is 0 Å². The second-order valence-corrected chi connectivity index (χ2v) is 3.65. The quantitative estimate of drug-likeness (QED) is 0.602. The van der Waals surface area contributed by atoms with Crippen molar-refractivity contribution in [2.45, 2.75) is 45.4 Å². The van der Waals surface area contributed by atoms with Crippen LogP contribution in [0.1, 0.15) is 45.4 Å². The molecule has 0 saturated heterocycles. The molecule has 1 N–H and O–H groups in total. The second kappa shape index (κ2) is 5.59. The predicted octanol–water partition coefficient (Wildman–Crippen LogP) is 2.57. The summed E-state index contributed by atoms with van der Waals surface area (Å²) in [5, 5.41) is 3.37. The van der Waals surface area contributed by atoms with Crippen LogP contribution >= 0.6 is 0 Å². The molecule has 1 nitrogen and oxygen atoms in total. The third-order valence-electron chi connectivity index (χ3n) is 2.69. The maximum Gasteiger partial charge on any atom is -0.00489 e. The average molecular weight is 155 g/mol. The molecule has 0 radical (unpaired) electrons. The molecule has 0 atom stereocenters. The molecule has 1 aliphatic rings. The monoisotopic (exact) mass is 155 g/mol. The highest BCUT2D eigenvalue weighted by Gasteiger charge is 2.13. The van der Waals surface area contributed by atoms with Gasteiger partial charge in [-0.3, -0.25) is 0 Å². The molecule has 0 amide bonds. The fourth-order valence-corrected chi connectivity index (χ4v) is 1.99. The minimum Gasteiger partial charge on any atom is -0.317 e. The van der Waals surface area contributed by atoms with Crippen molar-refractivity contribution in [2.75, 3.05) is 13.1 Å². The van der Waals surface area contributed by atoms with E-state index in [0.717, 1.165) is 12.5 Å². The van der Waals surface area contributed by atoms with E-state index < -0.39 is 0 Å². The molecule has 1 heteroatoms. The van der Waals surface area contributed by atoms with Crippen molar-refractivity contribution in [2.24, 2.45) is 5.92 Å². The van der Waals surface area contributed by atoms with E-state index in [2.05, 4.69) is 12.2 Å². The van der Waals surface area contributed by atoms with Crippen LogP contribution in [0.2, 0.25) is 0 Å². The van der Waals surface area contributed by atoms with Gasteiger partial charge in [0.25, 0.3) is 0 Å². The third kappa shape index (κ3) is 3.76. The maximum absolute atomic E-state index is 3.37. The SMILES string of the molecule is CCNCCCC1CCCC1. The van der Waals surface area contributed by atoms with Gasteiger partial charge in [0.1, 0.15) is 0 Å². The fraction of sp³-hybridized carbons (Fsp3) is 1.00. The first-order chi connectivity index (χ1) is 5.43. The summed E-state index contributed by atoms with van der Waals surface area (Å²) in [5.74, 6) is 1.08. The summed E-state index contributed by atoms with van der Waals surface area (Å²) in [4.78, 5) is 0. The summed E-state index contributed by atoms with van der Waals surface area (Å²) >= 11 is 0. The normalized spacial score (nSPS) is 19.4. The molecule has 0 spiro atoms. The average Bonchev–Trinajstić information content (AvgIpc) is 2.50. The van der Waals surface area contributed by atoms with Crippen molar-refractivity contribution in [3.63, 3.8) is 0 Å². The largest absolute Gasteiger partial charge is 0.317 e. The lowest BCUT2D eigenvalue weighted by Crippen LogP contribution is -2.14.